The molecule has 1 heterocycles. The first-order valence-corrected chi connectivity index (χ1v) is 7.52. The van der Waals surface area contributed by atoms with Gasteiger partial charge in [0.15, 0.2) is 4.67 Å². The highest BCUT2D eigenvalue weighted by Gasteiger charge is 2.18. The van der Waals surface area contributed by atoms with Crippen molar-refractivity contribution >= 4 is 15.9 Å². The molecule has 2 rings (SSSR count). The number of hydrogen-bond donors (Lipinski definition) is 1. The van der Waals surface area contributed by atoms with Crippen molar-refractivity contribution < 1.29 is 4.42 Å². The molecule has 0 aliphatic heterocycles. The zero-order valence-corrected chi connectivity index (χ0v) is 12.1. The normalized spacial score (nSPS) is 20.1. The van der Waals surface area contributed by atoms with Crippen molar-refractivity contribution in [1.29, 1.82) is 0 Å². The maximum Gasteiger partial charge on any atom is 0.169 e. The maximum atomic E-state index is 5.50. The van der Waals surface area contributed by atoms with E-state index in [0.29, 0.717) is 6.04 Å². The summed E-state index contributed by atoms with van der Waals surface area (Å²) in [6.45, 7) is 3.15. The topological polar surface area (TPSA) is 25.2 Å². The molecule has 0 bridgehead atoms. The Morgan fingerprint density at radius 3 is 2.59 bits per heavy atom. The van der Waals surface area contributed by atoms with E-state index >= 15 is 0 Å². The summed E-state index contributed by atoms with van der Waals surface area (Å²) in [5.41, 5.74) is 0. The molecule has 0 aromatic carbocycles. The fourth-order valence-electron chi connectivity index (χ4n) is 2.69. The highest BCUT2D eigenvalue weighted by molar-refractivity contribution is 9.10. The fourth-order valence-corrected chi connectivity index (χ4v) is 3.03. The van der Waals surface area contributed by atoms with E-state index < -0.39 is 0 Å². The van der Waals surface area contributed by atoms with Gasteiger partial charge in [-0.25, -0.2) is 0 Å². The van der Waals surface area contributed by atoms with Crippen molar-refractivity contribution in [2.45, 2.75) is 58.0 Å². The number of furan rings is 1. The molecule has 1 aromatic heterocycles. The van der Waals surface area contributed by atoms with E-state index in [1.807, 2.05) is 12.1 Å². The lowest BCUT2D eigenvalue weighted by molar-refractivity contribution is 0.325. The van der Waals surface area contributed by atoms with Crippen LogP contribution in [0.3, 0.4) is 0 Å². The van der Waals surface area contributed by atoms with Crippen LogP contribution < -0.4 is 5.32 Å². The molecule has 0 radical (unpaired) electrons. The minimum Gasteiger partial charge on any atom is -0.453 e. The van der Waals surface area contributed by atoms with Gasteiger partial charge < -0.3 is 9.73 Å². The predicted molar refractivity (Wildman–Crippen MR) is 73.9 cm³/mol. The second-order valence-corrected chi connectivity index (χ2v) is 5.91. The van der Waals surface area contributed by atoms with Gasteiger partial charge in [-0.3, -0.25) is 0 Å². The Hall–Kier alpha value is -0.280. The third-order valence-corrected chi connectivity index (χ3v) is 4.26. The standard InChI is InChI=1S/C14H22BrNO/c1-11(12-6-4-2-3-5-7-12)16-10-13-8-9-14(15)17-13/h8-9,11-12,16H,2-7,10H2,1H3/t11-/m0/s1. The molecule has 0 saturated heterocycles. The van der Waals surface area contributed by atoms with Crippen LogP contribution in [-0.2, 0) is 6.54 Å². The lowest BCUT2D eigenvalue weighted by atomic mass is 9.93. The summed E-state index contributed by atoms with van der Waals surface area (Å²) < 4.78 is 6.32. The monoisotopic (exact) mass is 299 g/mol. The molecule has 96 valence electrons. The molecule has 1 fully saturated rings. The van der Waals surface area contributed by atoms with E-state index in [1.54, 1.807) is 0 Å². The van der Waals surface area contributed by atoms with Crippen LogP contribution in [0, 0.1) is 5.92 Å². The second-order valence-electron chi connectivity index (χ2n) is 5.13. The maximum absolute atomic E-state index is 5.50. The van der Waals surface area contributed by atoms with Crippen molar-refractivity contribution in [2.24, 2.45) is 5.92 Å². The highest BCUT2D eigenvalue weighted by atomic mass is 79.9. The molecule has 1 aromatic rings. The molecular weight excluding hydrogens is 278 g/mol. The van der Waals surface area contributed by atoms with Crippen molar-refractivity contribution in [1.82, 2.24) is 5.32 Å². The van der Waals surface area contributed by atoms with Crippen molar-refractivity contribution in [3.8, 4) is 0 Å². The van der Waals surface area contributed by atoms with E-state index in [0.717, 1.165) is 22.9 Å². The van der Waals surface area contributed by atoms with Crippen LogP contribution in [0.4, 0.5) is 0 Å². The number of nitrogens with one attached hydrogen (secondary N) is 1. The molecule has 1 N–H and O–H groups in total. The Labute approximate surface area is 112 Å². The summed E-state index contributed by atoms with van der Waals surface area (Å²) in [5.74, 6) is 1.85. The third kappa shape index (κ3) is 4.14. The fraction of sp³-hybridized carbons (Fsp3) is 0.714. The van der Waals surface area contributed by atoms with Crippen LogP contribution >= 0.6 is 15.9 Å². The first kappa shape index (κ1) is 13.2. The molecule has 0 spiro atoms. The SMILES string of the molecule is C[C@H](NCc1ccc(Br)o1)C1CCCCCC1. The van der Waals surface area contributed by atoms with Crippen LogP contribution in [0.25, 0.3) is 0 Å². The van der Waals surface area contributed by atoms with E-state index in [-0.39, 0.29) is 0 Å². The first-order valence-electron chi connectivity index (χ1n) is 6.73. The van der Waals surface area contributed by atoms with Crippen LogP contribution in [0.15, 0.2) is 21.2 Å². The lowest BCUT2D eigenvalue weighted by Crippen LogP contribution is -2.32. The first-order chi connectivity index (χ1) is 8.25. The minimum absolute atomic E-state index is 0.594. The Morgan fingerprint density at radius 2 is 2.00 bits per heavy atom. The number of hydrogen-bond acceptors (Lipinski definition) is 2. The largest absolute Gasteiger partial charge is 0.453 e. The lowest BCUT2D eigenvalue weighted by Gasteiger charge is -2.23. The molecule has 1 saturated carbocycles. The predicted octanol–water partition coefficient (Wildman–Crippen LogP) is 4.49. The van der Waals surface area contributed by atoms with Crippen LogP contribution in [0.2, 0.25) is 0 Å². The van der Waals surface area contributed by atoms with Crippen molar-refractivity contribution in [3.63, 3.8) is 0 Å². The quantitative estimate of drug-likeness (QED) is 0.829. The molecule has 2 nitrogen and oxygen atoms in total. The Morgan fingerprint density at radius 1 is 1.29 bits per heavy atom. The molecule has 0 unspecified atom stereocenters. The Kier molecular flexibility index (Phi) is 5.11. The zero-order chi connectivity index (χ0) is 12.1. The molecule has 17 heavy (non-hydrogen) atoms. The van der Waals surface area contributed by atoms with Crippen LogP contribution in [0.1, 0.15) is 51.2 Å². The summed E-state index contributed by atoms with van der Waals surface area (Å²) in [4.78, 5) is 0. The van der Waals surface area contributed by atoms with E-state index in [2.05, 4.69) is 28.2 Å². The molecular formula is C14H22BrNO. The van der Waals surface area contributed by atoms with Gasteiger partial charge in [0.05, 0.1) is 6.54 Å². The van der Waals surface area contributed by atoms with E-state index in [9.17, 15) is 0 Å². The number of halogens is 1. The molecule has 0 amide bonds. The summed E-state index contributed by atoms with van der Waals surface area (Å²) in [5, 5.41) is 3.60. The summed E-state index contributed by atoms with van der Waals surface area (Å²) in [7, 11) is 0. The molecule has 1 atom stereocenters. The average Bonchev–Trinajstić information content (AvgIpc) is 2.58. The highest BCUT2D eigenvalue weighted by Crippen LogP contribution is 2.25. The third-order valence-electron chi connectivity index (χ3n) is 3.83. The summed E-state index contributed by atoms with van der Waals surface area (Å²) in [6, 6.07) is 4.57. The van der Waals surface area contributed by atoms with Crippen molar-refractivity contribution in [2.75, 3.05) is 0 Å². The molecule has 1 aliphatic rings. The van der Waals surface area contributed by atoms with Gasteiger partial charge in [0.25, 0.3) is 0 Å². The van der Waals surface area contributed by atoms with Gasteiger partial charge >= 0.3 is 0 Å². The summed E-state index contributed by atoms with van der Waals surface area (Å²) in [6.07, 6.45) is 8.43. The van der Waals surface area contributed by atoms with Gasteiger partial charge in [0.1, 0.15) is 5.76 Å². The van der Waals surface area contributed by atoms with Crippen molar-refractivity contribution in [3.05, 3.63) is 22.6 Å². The molecule has 1 aliphatic carbocycles. The smallest absolute Gasteiger partial charge is 0.169 e. The van der Waals surface area contributed by atoms with Crippen LogP contribution in [-0.4, -0.2) is 6.04 Å². The van der Waals surface area contributed by atoms with Gasteiger partial charge in [-0.05, 0) is 53.7 Å². The molecule has 3 heteroatoms. The van der Waals surface area contributed by atoms with Crippen LogP contribution in [0.5, 0.6) is 0 Å². The minimum atomic E-state index is 0.594. The second kappa shape index (κ2) is 6.60. The summed E-state index contributed by atoms with van der Waals surface area (Å²) >= 11 is 3.33. The zero-order valence-electron chi connectivity index (χ0n) is 10.5. The van der Waals surface area contributed by atoms with Gasteiger partial charge in [-0.15, -0.1) is 0 Å². The number of rotatable bonds is 4. The Balaban J connectivity index is 1.77. The van der Waals surface area contributed by atoms with Gasteiger partial charge in [0.2, 0.25) is 0 Å². The van der Waals surface area contributed by atoms with Gasteiger partial charge in [-0.2, -0.15) is 0 Å². The Bertz CT molecular complexity index is 329. The average molecular weight is 300 g/mol. The van der Waals surface area contributed by atoms with Gasteiger partial charge in [-0.1, -0.05) is 25.7 Å². The van der Waals surface area contributed by atoms with Gasteiger partial charge in [0, 0.05) is 6.04 Å². The van der Waals surface area contributed by atoms with E-state index in [4.69, 9.17) is 4.42 Å². The van der Waals surface area contributed by atoms with E-state index in [1.165, 1.54) is 38.5 Å².